The molecule has 5 heteroatoms. The highest BCUT2D eigenvalue weighted by molar-refractivity contribution is 5.97. The second-order valence-corrected chi connectivity index (χ2v) is 4.63. The van der Waals surface area contributed by atoms with Crippen molar-refractivity contribution in [3.05, 3.63) is 59.4 Å². The summed E-state index contributed by atoms with van der Waals surface area (Å²) in [7, 11) is 1.47. The number of ether oxygens (including phenoxy) is 1. The SMILES string of the molecule is COc1ccc(C(=O)NC(C)c2cccc(F)c2)c(O)c1. The van der Waals surface area contributed by atoms with E-state index in [-0.39, 0.29) is 23.2 Å². The topological polar surface area (TPSA) is 58.6 Å². The number of hydrogen-bond donors (Lipinski definition) is 2. The predicted molar refractivity (Wildman–Crippen MR) is 76.9 cm³/mol. The Morgan fingerprint density at radius 3 is 2.67 bits per heavy atom. The molecule has 0 aliphatic carbocycles. The summed E-state index contributed by atoms with van der Waals surface area (Å²) >= 11 is 0. The largest absolute Gasteiger partial charge is 0.507 e. The number of carbonyl (C=O) groups is 1. The maximum absolute atomic E-state index is 13.2. The van der Waals surface area contributed by atoms with Crippen LogP contribution in [-0.4, -0.2) is 18.1 Å². The summed E-state index contributed by atoms with van der Waals surface area (Å²) in [4.78, 5) is 12.1. The van der Waals surface area contributed by atoms with Crippen molar-refractivity contribution in [2.75, 3.05) is 7.11 Å². The van der Waals surface area contributed by atoms with Crippen LogP contribution < -0.4 is 10.1 Å². The molecule has 0 aliphatic heterocycles. The van der Waals surface area contributed by atoms with E-state index in [1.54, 1.807) is 25.1 Å². The standard InChI is InChI=1S/C16H16FNO3/c1-10(11-4-3-5-12(17)8-11)18-16(20)14-7-6-13(21-2)9-15(14)19/h3-10,19H,1-2H3,(H,18,20). The van der Waals surface area contributed by atoms with Gasteiger partial charge in [-0.2, -0.15) is 0 Å². The van der Waals surface area contributed by atoms with Crippen LogP contribution in [0.4, 0.5) is 4.39 Å². The van der Waals surface area contributed by atoms with Gasteiger partial charge in [-0.3, -0.25) is 4.79 Å². The summed E-state index contributed by atoms with van der Waals surface area (Å²) in [5.74, 6) is -0.506. The molecule has 1 amide bonds. The van der Waals surface area contributed by atoms with Crippen molar-refractivity contribution in [2.45, 2.75) is 13.0 Å². The highest BCUT2D eigenvalue weighted by Gasteiger charge is 2.15. The monoisotopic (exact) mass is 289 g/mol. The van der Waals surface area contributed by atoms with Crippen molar-refractivity contribution in [1.82, 2.24) is 5.32 Å². The number of hydrogen-bond acceptors (Lipinski definition) is 3. The van der Waals surface area contributed by atoms with Crippen molar-refractivity contribution in [1.29, 1.82) is 0 Å². The smallest absolute Gasteiger partial charge is 0.255 e. The van der Waals surface area contributed by atoms with Gasteiger partial charge < -0.3 is 15.2 Å². The van der Waals surface area contributed by atoms with Crippen molar-refractivity contribution in [3.8, 4) is 11.5 Å². The van der Waals surface area contributed by atoms with E-state index in [1.807, 2.05) is 0 Å². The van der Waals surface area contributed by atoms with E-state index in [0.717, 1.165) is 0 Å². The molecule has 0 saturated heterocycles. The number of rotatable bonds is 4. The fourth-order valence-electron chi connectivity index (χ4n) is 1.96. The molecule has 2 aromatic rings. The number of nitrogens with one attached hydrogen (secondary N) is 1. The van der Waals surface area contributed by atoms with Gasteiger partial charge in [0.25, 0.3) is 5.91 Å². The second-order valence-electron chi connectivity index (χ2n) is 4.63. The summed E-state index contributed by atoms with van der Waals surface area (Å²) in [5.41, 5.74) is 0.787. The number of methoxy groups -OCH3 is 1. The molecule has 0 heterocycles. The Morgan fingerprint density at radius 2 is 2.05 bits per heavy atom. The molecule has 0 bridgehead atoms. The fraction of sp³-hybridized carbons (Fsp3) is 0.188. The Balaban J connectivity index is 2.14. The quantitative estimate of drug-likeness (QED) is 0.909. The zero-order valence-electron chi connectivity index (χ0n) is 11.8. The Bertz CT molecular complexity index is 658. The van der Waals surface area contributed by atoms with Crippen molar-refractivity contribution >= 4 is 5.91 Å². The second kappa shape index (κ2) is 6.26. The molecular formula is C16H16FNO3. The predicted octanol–water partition coefficient (Wildman–Crippen LogP) is 3.03. The Labute approximate surface area is 122 Å². The maximum atomic E-state index is 13.2. The van der Waals surface area contributed by atoms with Crippen LogP contribution >= 0.6 is 0 Å². The number of benzene rings is 2. The van der Waals surface area contributed by atoms with E-state index in [1.165, 1.54) is 31.4 Å². The molecule has 0 spiro atoms. The average Bonchev–Trinajstić information content (AvgIpc) is 2.46. The van der Waals surface area contributed by atoms with Crippen LogP contribution in [0.3, 0.4) is 0 Å². The number of carbonyl (C=O) groups excluding carboxylic acids is 1. The van der Waals surface area contributed by atoms with Gasteiger partial charge in [0.15, 0.2) is 0 Å². The molecule has 0 aromatic heterocycles. The zero-order chi connectivity index (χ0) is 15.4. The molecule has 2 aromatic carbocycles. The third-order valence-corrected chi connectivity index (χ3v) is 3.15. The van der Waals surface area contributed by atoms with Crippen molar-refractivity contribution < 1.29 is 19.0 Å². The van der Waals surface area contributed by atoms with Gasteiger partial charge >= 0.3 is 0 Å². The minimum atomic E-state index is -0.438. The van der Waals surface area contributed by atoms with Gasteiger partial charge in [-0.05, 0) is 36.8 Å². The highest BCUT2D eigenvalue weighted by atomic mass is 19.1. The van der Waals surface area contributed by atoms with Gasteiger partial charge in [0.2, 0.25) is 0 Å². The molecule has 4 nitrogen and oxygen atoms in total. The van der Waals surface area contributed by atoms with E-state index < -0.39 is 5.91 Å². The lowest BCUT2D eigenvalue weighted by Gasteiger charge is -2.15. The van der Waals surface area contributed by atoms with Crippen LogP contribution in [0.2, 0.25) is 0 Å². The number of amides is 1. The average molecular weight is 289 g/mol. The zero-order valence-corrected chi connectivity index (χ0v) is 11.8. The van der Waals surface area contributed by atoms with Crippen molar-refractivity contribution in [3.63, 3.8) is 0 Å². The summed E-state index contributed by atoms with van der Waals surface area (Å²) in [6.45, 7) is 1.74. The van der Waals surface area contributed by atoms with Crippen LogP contribution in [0.25, 0.3) is 0 Å². The first-order valence-corrected chi connectivity index (χ1v) is 6.44. The molecule has 2 N–H and O–H groups in total. The molecule has 21 heavy (non-hydrogen) atoms. The first-order chi connectivity index (χ1) is 10.0. The van der Waals surface area contributed by atoms with Crippen LogP contribution in [0.5, 0.6) is 11.5 Å². The lowest BCUT2D eigenvalue weighted by Crippen LogP contribution is -2.26. The Hall–Kier alpha value is -2.56. The van der Waals surface area contributed by atoms with E-state index in [4.69, 9.17) is 4.74 Å². The maximum Gasteiger partial charge on any atom is 0.255 e. The first kappa shape index (κ1) is 14.8. The molecule has 0 aliphatic rings. The molecule has 1 atom stereocenters. The molecule has 1 unspecified atom stereocenters. The van der Waals surface area contributed by atoms with Crippen LogP contribution in [-0.2, 0) is 0 Å². The van der Waals surface area contributed by atoms with Crippen LogP contribution in [0, 0.1) is 5.82 Å². The number of phenolic OH excluding ortho intramolecular Hbond substituents is 1. The van der Waals surface area contributed by atoms with Gasteiger partial charge in [-0.1, -0.05) is 12.1 Å². The molecular weight excluding hydrogens is 273 g/mol. The minimum Gasteiger partial charge on any atom is -0.507 e. The van der Waals surface area contributed by atoms with Crippen LogP contribution in [0.15, 0.2) is 42.5 Å². The first-order valence-electron chi connectivity index (χ1n) is 6.44. The van der Waals surface area contributed by atoms with Gasteiger partial charge in [0.05, 0.1) is 18.7 Å². The molecule has 2 rings (SSSR count). The summed E-state index contributed by atoms with van der Waals surface area (Å²) in [6, 6.07) is 10.0. The third-order valence-electron chi connectivity index (χ3n) is 3.15. The lowest BCUT2D eigenvalue weighted by molar-refractivity contribution is 0.0937. The summed E-state index contributed by atoms with van der Waals surface area (Å²) in [5, 5.41) is 12.5. The molecule has 110 valence electrons. The fourth-order valence-corrected chi connectivity index (χ4v) is 1.96. The summed E-state index contributed by atoms with van der Waals surface area (Å²) in [6.07, 6.45) is 0. The Morgan fingerprint density at radius 1 is 1.29 bits per heavy atom. The summed E-state index contributed by atoms with van der Waals surface area (Å²) < 4.78 is 18.1. The number of aromatic hydroxyl groups is 1. The Kier molecular flexibility index (Phi) is 4.42. The van der Waals surface area contributed by atoms with Gasteiger partial charge in [-0.25, -0.2) is 4.39 Å². The normalized spacial score (nSPS) is 11.8. The van der Waals surface area contributed by atoms with E-state index in [9.17, 15) is 14.3 Å². The lowest BCUT2D eigenvalue weighted by atomic mass is 10.1. The number of halogens is 1. The van der Waals surface area contributed by atoms with Gasteiger partial charge in [-0.15, -0.1) is 0 Å². The van der Waals surface area contributed by atoms with Gasteiger partial charge in [0.1, 0.15) is 17.3 Å². The number of phenols is 1. The van der Waals surface area contributed by atoms with Crippen molar-refractivity contribution in [2.24, 2.45) is 0 Å². The molecule has 0 fully saturated rings. The van der Waals surface area contributed by atoms with Crippen LogP contribution in [0.1, 0.15) is 28.9 Å². The van der Waals surface area contributed by atoms with E-state index in [0.29, 0.717) is 11.3 Å². The van der Waals surface area contributed by atoms with E-state index in [2.05, 4.69) is 5.32 Å². The van der Waals surface area contributed by atoms with E-state index >= 15 is 0 Å². The molecule has 0 radical (unpaired) electrons. The van der Waals surface area contributed by atoms with Gasteiger partial charge in [0, 0.05) is 6.07 Å². The molecule has 0 saturated carbocycles. The minimum absolute atomic E-state index is 0.138. The third kappa shape index (κ3) is 3.51. The highest BCUT2D eigenvalue weighted by Crippen LogP contribution is 2.24.